The molecule has 0 bridgehead atoms. The second-order valence-corrected chi connectivity index (χ2v) is 6.69. The van der Waals surface area contributed by atoms with Gasteiger partial charge < -0.3 is 16.0 Å². The van der Waals surface area contributed by atoms with Crippen molar-refractivity contribution in [3.63, 3.8) is 0 Å². The summed E-state index contributed by atoms with van der Waals surface area (Å²) in [6.07, 6.45) is 1.69. The number of thiocarbonyl (C=S) groups is 1. The van der Waals surface area contributed by atoms with Crippen LogP contribution in [0.2, 0.25) is 0 Å². The lowest BCUT2D eigenvalue weighted by Gasteiger charge is -2.23. The van der Waals surface area contributed by atoms with E-state index in [4.69, 9.17) is 18.0 Å². The van der Waals surface area contributed by atoms with Gasteiger partial charge in [0.25, 0.3) is 5.56 Å². The number of nitrogens with zero attached hydrogens (tertiary/aromatic N) is 2. The monoisotopic (exact) mass is 375 g/mol. The minimum absolute atomic E-state index is 0.111. The molecular weight excluding hydrogens is 350 g/mol. The Kier molecular flexibility index (Phi) is 6.20. The van der Waals surface area contributed by atoms with E-state index in [1.165, 1.54) is 9.47 Å². The molecule has 0 aliphatic carbocycles. The van der Waals surface area contributed by atoms with E-state index in [-0.39, 0.29) is 11.5 Å². The fraction of sp³-hybridized carbons (Fsp3) is 0.389. The fourth-order valence-electron chi connectivity index (χ4n) is 2.61. The zero-order valence-electron chi connectivity index (χ0n) is 15.5. The number of aromatic amines is 1. The van der Waals surface area contributed by atoms with Crippen LogP contribution in [-0.4, -0.2) is 21.7 Å². The van der Waals surface area contributed by atoms with Crippen LogP contribution in [0, 0.1) is 13.8 Å². The summed E-state index contributed by atoms with van der Waals surface area (Å²) in [5, 5.41) is 3.46. The van der Waals surface area contributed by atoms with E-state index >= 15 is 0 Å². The average Bonchev–Trinajstić information content (AvgIpc) is 2.57. The number of aromatic nitrogens is 2. The second-order valence-electron chi connectivity index (χ2n) is 6.31. The van der Waals surface area contributed by atoms with Crippen molar-refractivity contribution in [3.05, 3.63) is 50.2 Å². The van der Waals surface area contributed by atoms with Gasteiger partial charge in [0, 0.05) is 19.3 Å². The highest BCUT2D eigenvalue weighted by atomic mass is 32.1. The van der Waals surface area contributed by atoms with Crippen LogP contribution in [0.1, 0.15) is 30.9 Å². The number of H-pyrrole nitrogens is 1. The van der Waals surface area contributed by atoms with Gasteiger partial charge in [0.05, 0.1) is 0 Å². The quantitative estimate of drug-likeness (QED) is 0.695. The van der Waals surface area contributed by atoms with E-state index in [0.29, 0.717) is 11.7 Å². The number of hydrogen-bond donors (Lipinski definition) is 3. The van der Waals surface area contributed by atoms with Gasteiger partial charge in [-0.05, 0) is 49.7 Å². The molecule has 0 unspecified atom stereocenters. The van der Waals surface area contributed by atoms with Gasteiger partial charge >= 0.3 is 5.69 Å². The van der Waals surface area contributed by atoms with Gasteiger partial charge in [-0.2, -0.15) is 0 Å². The van der Waals surface area contributed by atoms with Crippen LogP contribution < -0.4 is 27.2 Å². The first-order chi connectivity index (χ1) is 12.3. The van der Waals surface area contributed by atoms with Crippen molar-refractivity contribution < 1.29 is 0 Å². The van der Waals surface area contributed by atoms with Crippen LogP contribution in [0.25, 0.3) is 0 Å². The molecule has 0 fully saturated rings. The molecule has 8 heteroatoms. The lowest BCUT2D eigenvalue weighted by atomic mass is 10.1. The number of unbranched alkanes of at least 4 members (excludes halogenated alkanes) is 1. The molecule has 140 valence electrons. The number of aryl methyl sites for hydroxylation is 2. The minimum Gasteiger partial charge on any atom is -0.383 e. The summed E-state index contributed by atoms with van der Waals surface area (Å²) in [6, 6.07) is 5.98. The maximum Gasteiger partial charge on any atom is 0.330 e. The van der Waals surface area contributed by atoms with Crippen LogP contribution in [0.15, 0.2) is 27.8 Å². The summed E-state index contributed by atoms with van der Waals surface area (Å²) in [4.78, 5) is 28.2. The lowest BCUT2D eigenvalue weighted by molar-refractivity contribution is 0.605. The number of nitrogens with one attached hydrogen (secondary N) is 2. The van der Waals surface area contributed by atoms with Crippen molar-refractivity contribution in [2.75, 3.05) is 23.0 Å². The van der Waals surface area contributed by atoms with Gasteiger partial charge in [0.15, 0.2) is 5.11 Å². The Balaban J connectivity index is 2.37. The molecule has 2 rings (SSSR count). The Morgan fingerprint density at radius 3 is 2.69 bits per heavy atom. The number of nitrogens with two attached hydrogens (primary N) is 1. The van der Waals surface area contributed by atoms with E-state index in [9.17, 15) is 9.59 Å². The summed E-state index contributed by atoms with van der Waals surface area (Å²) in [6.45, 7) is 6.42. The highest BCUT2D eigenvalue weighted by molar-refractivity contribution is 7.80. The Morgan fingerprint density at radius 1 is 1.35 bits per heavy atom. The first-order valence-electron chi connectivity index (χ1n) is 8.50. The molecule has 0 saturated heterocycles. The third-order valence-corrected chi connectivity index (χ3v) is 4.60. The molecule has 1 aromatic carbocycles. The summed E-state index contributed by atoms with van der Waals surface area (Å²) in [5.41, 5.74) is 8.19. The lowest BCUT2D eigenvalue weighted by Crippen LogP contribution is -2.40. The standard InChI is InChI=1S/C18H25N5O2S/c1-5-6-9-23-15(19)14(16(24)21-17(23)25)22(4)18(26)20-13-10-11(2)7-8-12(13)3/h7-8,10H,5-6,9,19H2,1-4H3,(H,20,26)(H,21,24,25). The summed E-state index contributed by atoms with van der Waals surface area (Å²) >= 11 is 5.45. The molecule has 1 heterocycles. The number of rotatable bonds is 5. The third-order valence-electron chi connectivity index (χ3n) is 4.22. The third kappa shape index (κ3) is 4.13. The fourth-order valence-corrected chi connectivity index (χ4v) is 2.81. The predicted molar refractivity (Wildman–Crippen MR) is 111 cm³/mol. The van der Waals surface area contributed by atoms with E-state index in [1.54, 1.807) is 7.05 Å². The molecule has 0 spiro atoms. The molecule has 1 aromatic heterocycles. The van der Waals surface area contributed by atoms with Gasteiger partial charge in [0.2, 0.25) is 0 Å². The molecule has 4 N–H and O–H groups in total. The van der Waals surface area contributed by atoms with Crippen LogP contribution >= 0.6 is 12.2 Å². The topological polar surface area (TPSA) is 96.2 Å². The summed E-state index contributed by atoms with van der Waals surface area (Å²) < 4.78 is 1.37. The van der Waals surface area contributed by atoms with Crippen molar-refractivity contribution in [1.82, 2.24) is 9.55 Å². The van der Waals surface area contributed by atoms with Crippen molar-refractivity contribution in [2.45, 2.75) is 40.2 Å². The van der Waals surface area contributed by atoms with Crippen molar-refractivity contribution in [3.8, 4) is 0 Å². The highest BCUT2D eigenvalue weighted by Gasteiger charge is 2.19. The predicted octanol–water partition coefficient (Wildman–Crippen LogP) is 2.37. The van der Waals surface area contributed by atoms with Gasteiger partial charge in [0.1, 0.15) is 11.5 Å². The number of hydrogen-bond acceptors (Lipinski definition) is 4. The number of nitrogen functional groups attached to an aromatic ring is 1. The van der Waals surface area contributed by atoms with E-state index in [0.717, 1.165) is 29.7 Å². The molecular formula is C18H25N5O2S. The van der Waals surface area contributed by atoms with Gasteiger partial charge in [-0.25, -0.2) is 4.79 Å². The maximum absolute atomic E-state index is 12.3. The van der Waals surface area contributed by atoms with Crippen LogP contribution in [0.3, 0.4) is 0 Å². The largest absolute Gasteiger partial charge is 0.383 e. The smallest absolute Gasteiger partial charge is 0.330 e. The Hall–Kier alpha value is -2.61. The van der Waals surface area contributed by atoms with Crippen LogP contribution in [-0.2, 0) is 6.54 Å². The zero-order valence-corrected chi connectivity index (χ0v) is 16.4. The zero-order chi connectivity index (χ0) is 19.4. The first kappa shape index (κ1) is 19.7. The van der Waals surface area contributed by atoms with Crippen LogP contribution in [0.4, 0.5) is 17.2 Å². The van der Waals surface area contributed by atoms with Gasteiger partial charge in [-0.15, -0.1) is 0 Å². The Labute approximate surface area is 157 Å². The Morgan fingerprint density at radius 2 is 2.04 bits per heavy atom. The minimum atomic E-state index is -0.562. The van der Waals surface area contributed by atoms with E-state index in [2.05, 4.69) is 10.3 Å². The molecule has 2 aromatic rings. The molecule has 26 heavy (non-hydrogen) atoms. The Bertz CT molecular complexity index is 932. The molecule has 0 aliphatic heterocycles. The molecule has 0 aliphatic rings. The normalized spacial score (nSPS) is 10.6. The van der Waals surface area contributed by atoms with Crippen LogP contribution in [0.5, 0.6) is 0 Å². The highest BCUT2D eigenvalue weighted by Crippen LogP contribution is 2.20. The first-order valence-corrected chi connectivity index (χ1v) is 8.91. The molecule has 0 amide bonds. The van der Waals surface area contributed by atoms with E-state index in [1.807, 2.05) is 39.0 Å². The molecule has 0 saturated carbocycles. The second kappa shape index (κ2) is 8.18. The van der Waals surface area contributed by atoms with Crippen molar-refractivity contribution in [1.29, 1.82) is 0 Å². The molecule has 0 radical (unpaired) electrons. The van der Waals surface area contributed by atoms with Gasteiger partial charge in [-0.3, -0.25) is 14.3 Å². The number of anilines is 3. The summed E-state index contributed by atoms with van der Waals surface area (Å²) in [7, 11) is 1.65. The molecule has 0 atom stereocenters. The average molecular weight is 375 g/mol. The number of benzene rings is 1. The van der Waals surface area contributed by atoms with Crippen molar-refractivity contribution in [2.24, 2.45) is 0 Å². The maximum atomic E-state index is 12.3. The molecule has 7 nitrogen and oxygen atoms in total. The van der Waals surface area contributed by atoms with Crippen molar-refractivity contribution >= 4 is 34.5 Å². The van der Waals surface area contributed by atoms with E-state index < -0.39 is 11.2 Å². The SMILES string of the molecule is CCCCn1c(N)c(N(C)C(=S)Nc2cc(C)ccc2C)c(=O)[nH]c1=O. The van der Waals surface area contributed by atoms with Gasteiger partial charge in [-0.1, -0.05) is 25.5 Å². The summed E-state index contributed by atoms with van der Waals surface area (Å²) in [5.74, 6) is 0.111.